The molecule has 0 bridgehead atoms. The first-order valence-corrected chi connectivity index (χ1v) is 8.13. The van der Waals surface area contributed by atoms with Crippen LogP contribution in [0.1, 0.15) is 24.0 Å². The molecule has 0 radical (unpaired) electrons. The molecule has 6 heteroatoms. The van der Waals surface area contributed by atoms with Crippen LogP contribution in [-0.4, -0.2) is 19.0 Å². The van der Waals surface area contributed by atoms with Crippen molar-refractivity contribution >= 4 is 5.91 Å². The number of nitrogens with one attached hydrogen (secondary N) is 2. The number of hydrogen-bond donors (Lipinski definition) is 2. The van der Waals surface area contributed by atoms with Gasteiger partial charge in [-0.1, -0.05) is 30.3 Å². The van der Waals surface area contributed by atoms with Gasteiger partial charge in [-0.25, -0.2) is 4.79 Å². The lowest BCUT2D eigenvalue weighted by atomic mass is 9.73. The molecule has 1 saturated heterocycles. The predicted octanol–water partition coefficient (Wildman–Crippen LogP) is 0.0507. The van der Waals surface area contributed by atoms with E-state index in [-0.39, 0.29) is 12.5 Å². The summed E-state index contributed by atoms with van der Waals surface area (Å²) in [6, 6.07) is 12.7. The van der Waals surface area contributed by atoms with E-state index < -0.39 is 10.5 Å². The number of carbonyl (C=O) groups is 1. The number of aromatic nitrogens is 1. The number of piperidine rings is 1. The molecule has 1 fully saturated rings. The summed E-state index contributed by atoms with van der Waals surface area (Å²) >= 11 is 0. The monoisotopic (exact) mass is 327 g/mol. The topological polar surface area (TPSA) is 83.5 Å². The van der Waals surface area contributed by atoms with Crippen LogP contribution in [0.3, 0.4) is 0 Å². The van der Waals surface area contributed by atoms with E-state index in [1.165, 1.54) is 12.4 Å². The lowest BCUT2D eigenvalue weighted by Crippen LogP contribution is -3.11. The third kappa shape index (κ3) is 3.31. The normalized spacial score (nSPS) is 18.0. The van der Waals surface area contributed by atoms with Crippen molar-refractivity contribution in [1.82, 2.24) is 5.32 Å². The van der Waals surface area contributed by atoms with Crippen molar-refractivity contribution in [2.75, 3.05) is 13.1 Å². The highest BCUT2D eigenvalue weighted by atomic mass is 16.5. The molecule has 126 valence electrons. The zero-order chi connectivity index (χ0) is 17.0. The quantitative estimate of drug-likeness (QED) is 0.472. The molecule has 1 amide bonds. The van der Waals surface area contributed by atoms with Crippen molar-refractivity contribution in [1.29, 1.82) is 0 Å². The number of hydrogen-bond acceptors (Lipinski definition) is 4. The van der Waals surface area contributed by atoms with Crippen LogP contribution < -0.4 is 15.1 Å². The summed E-state index contributed by atoms with van der Waals surface area (Å²) in [7, 11) is 0. The van der Waals surface area contributed by atoms with Crippen LogP contribution in [0.15, 0.2) is 54.9 Å². The molecule has 1 aromatic carbocycles. The largest absolute Gasteiger partial charge is 0.626 e. The molecule has 0 aliphatic carbocycles. The van der Waals surface area contributed by atoms with E-state index in [2.05, 4.69) is 5.32 Å². The van der Waals surface area contributed by atoms with Crippen molar-refractivity contribution in [3.63, 3.8) is 0 Å². The number of pyridine rings is 1. The minimum Gasteiger partial charge on any atom is -0.626 e. The van der Waals surface area contributed by atoms with Crippen molar-refractivity contribution in [3.05, 3.63) is 76.4 Å². The first-order valence-electron chi connectivity index (χ1n) is 8.13. The van der Waals surface area contributed by atoms with Gasteiger partial charge < -0.3 is 20.8 Å². The van der Waals surface area contributed by atoms with Crippen LogP contribution in [0, 0.1) is 10.4 Å². The predicted molar refractivity (Wildman–Crippen MR) is 88.7 cm³/mol. The first-order chi connectivity index (χ1) is 11.6. The molecule has 0 saturated carbocycles. The van der Waals surface area contributed by atoms with Gasteiger partial charge >= 0.3 is 5.91 Å². The summed E-state index contributed by atoms with van der Waals surface area (Å²) in [5.41, 5.74) is 0.560. The van der Waals surface area contributed by atoms with Gasteiger partial charge in [0.1, 0.15) is 12.0 Å². The van der Waals surface area contributed by atoms with Crippen molar-refractivity contribution < 1.29 is 14.6 Å². The molecule has 0 spiro atoms. The Kier molecular flexibility index (Phi) is 4.89. The van der Waals surface area contributed by atoms with Gasteiger partial charge in [-0.15, -0.1) is 0 Å². The van der Waals surface area contributed by atoms with Gasteiger partial charge in [0.05, 0.1) is 0 Å². The molecule has 1 aliphatic rings. The fourth-order valence-corrected chi connectivity index (χ4v) is 3.37. The second-order valence-corrected chi connectivity index (χ2v) is 6.20. The fourth-order valence-electron chi connectivity index (χ4n) is 3.37. The number of carbonyl (C=O) groups excluding carboxylic acids is 1. The summed E-state index contributed by atoms with van der Waals surface area (Å²) in [5.74, 6) is -0.390. The molecule has 3 rings (SSSR count). The first kappa shape index (κ1) is 16.6. The third-order valence-corrected chi connectivity index (χ3v) is 4.68. The second kappa shape index (κ2) is 7.09. The van der Waals surface area contributed by atoms with E-state index in [4.69, 9.17) is 0 Å². The Bertz CT molecular complexity index is 700. The van der Waals surface area contributed by atoms with Gasteiger partial charge in [0, 0.05) is 17.2 Å². The summed E-state index contributed by atoms with van der Waals surface area (Å²) in [4.78, 5) is 13.0. The Labute approximate surface area is 140 Å². The van der Waals surface area contributed by atoms with Crippen LogP contribution in [0.5, 0.6) is 0 Å². The summed E-state index contributed by atoms with van der Waals surface area (Å²) < 4.78 is 0.689. The summed E-state index contributed by atoms with van der Waals surface area (Å²) in [6.45, 7) is 1.40. The number of rotatable bonds is 4. The minimum absolute atomic E-state index is 0.0963. The fraction of sp³-hybridized carbons (Fsp3) is 0.333. The Morgan fingerprint density at radius 2 is 1.88 bits per heavy atom. The summed E-state index contributed by atoms with van der Waals surface area (Å²) in [6.07, 6.45) is 3.85. The van der Waals surface area contributed by atoms with E-state index in [1.54, 1.807) is 12.1 Å². The van der Waals surface area contributed by atoms with Crippen LogP contribution in [0.25, 0.3) is 0 Å². The van der Waals surface area contributed by atoms with E-state index in [1.807, 2.05) is 30.3 Å². The lowest BCUT2D eigenvalue weighted by Gasteiger charge is -2.37. The van der Waals surface area contributed by atoms with Crippen LogP contribution in [0.2, 0.25) is 0 Å². The summed E-state index contributed by atoms with van der Waals surface area (Å²) in [5, 5.41) is 27.1. The number of nitrogens with zero attached hydrogens (tertiary/aromatic N) is 1. The molecule has 2 heterocycles. The van der Waals surface area contributed by atoms with Crippen LogP contribution in [0.4, 0.5) is 0 Å². The van der Waals surface area contributed by atoms with Gasteiger partial charge in [-0.3, -0.25) is 0 Å². The Morgan fingerprint density at radius 3 is 2.54 bits per heavy atom. The molecule has 1 unspecified atom stereocenters. The van der Waals surface area contributed by atoms with E-state index >= 15 is 0 Å². The number of hydroxylamine groups is 2. The Hall–Kier alpha value is -2.28. The minimum atomic E-state index is -0.898. The number of quaternary nitrogens is 1. The molecule has 1 aliphatic heterocycles. The zero-order valence-corrected chi connectivity index (χ0v) is 13.4. The van der Waals surface area contributed by atoms with Crippen molar-refractivity contribution in [2.24, 2.45) is 0 Å². The van der Waals surface area contributed by atoms with E-state index in [0.717, 1.165) is 5.56 Å². The number of amides is 1. The molecular weight excluding hydrogens is 306 g/mol. The number of benzene rings is 1. The standard InChI is InChI=1S/C18H21N3O3/c22-17(21(24)13-15-5-2-1-3-6-15)18(8-10-19-11-9-18)16-7-4-12-20(23)14-16/h1-7,12,14,19,21H,8-11,13H2. The Morgan fingerprint density at radius 1 is 1.17 bits per heavy atom. The van der Waals surface area contributed by atoms with Gasteiger partial charge in [-0.2, -0.15) is 4.73 Å². The van der Waals surface area contributed by atoms with E-state index in [9.17, 15) is 15.2 Å². The second-order valence-electron chi connectivity index (χ2n) is 6.20. The van der Waals surface area contributed by atoms with Crippen LogP contribution >= 0.6 is 0 Å². The maximum Gasteiger partial charge on any atom is 0.323 e. The highest BCUT2D eigenvalue weighted by Gasteiger charge is 2.46. The highest BCUT2D eigenvalue weighted by molar-refractivity contribution is 5.81. The van der Waals surface area contributed by atoms with E-state index in [0.29, 0.717) is 36.2 Å². The molecule has 6 nitrogen and oxygen atoms in total. The van der Waals surface area contributed by atoms with Crippen molar-refractivity contribution in [2.45, 2.75) is 24.8 Å². The Balaban J connectivity index is 1.89. The zero-order valence-electron chi connectivity index (χ0n) is 13.4. The third-order valence-electron chi connectivity index (χ3n) is 4.68. The van der Waals surface area contributed by atoms with Gasteiger partial charge in [0.25, 0.3) is 0 Å². The molecular formula is C18H21N3O3. The van der Waals surface area contributed by atoms with Crippen molar-refractivity contribution in [3.8, 4) is 0 Å². The van der Waals surface area contributed by atoms with Gasteiger partial charge in [0.2, 0.25) is 0 Å². The highest BCUT2D eigenvalue weighted by Crippen LogP contribution is 2.32. The molecule has 24 heavy (non-hydrogen) atoms. The SMILES string of the molecule is O=C([NH+]([O-])Cc1ccccc1)C1(c2ccc[n+]([O-])c2)CCNCC1. The maximum absolute atomic E-state index is 13.0. The smallest absolute Gasteiger partial charge is 0.323 e. The van der Waals surface area contributed by atoms with Crippen LogP contribution in [-0.2, 0) is 16.8 Å². The molecule has 1 aromatic heterocycles. The van der Waals surface area contributed by atoms with Gasteiger partial charge in [-0.05, 0) is 32.0 Å². The van der Waals surface area contributed by atoms with Gasteiger partial charge in [0.15, 0.2) is 12.4 Å². The maximum atomic E-state index is 13.0. The average Bonchev–Trinajstić information content (AvgIpc) is 2.62. The molecule has 2 N–H and O–H groups in total. The average molecular weight is 327 g/mol. The molecule has 2 aromatic rings. The molecule has 1 atom stereocenters. The lowest BCUT2D eigenvalue weighted by molar-refractivity contribution is -0.783.